The number of nitrogen functional groups attached to an aromatic ring is 1. The Morgan fingerprint density at radius 2 is 1.49 bits per heavy atom. The number of nitrogens with zero attached hydrogens (tertiary/aromatic N) is 4. The molecular weight excluding hydrogens is 542 g/mol. The van der Waals surface area contributed by atoms with Gasteiger partial charge in [0.25, 0.3) is 5.91 Å². The lowest BCUT2D eigenvalue weighted by Gasteiger charge is -2.28. The van der Waals surface area contributed by atoms with Crippen LogP contribution in [0.4, 0.5) is 11.8 Å². The molecule has 0 saturated carbocycles. The van der Waals surface area contributed by atoms with Crippen molar-refractivity contribution in [3.63, 3.8) is 0 Å². The van der Waals surface area contributed by atoms with Crippen LogP contribution in [0.5, 0.6) is 17.2 Å². The van der Waals surface area contributed by atoms with E-state index in [0.29, 0.717) is 72.9 Å². The van der Waals surface area contributed by atoms with Gasteiger partial charge in [-0.05, 0) is 67.3 Å². The standard InChI is InChI=1S/C34H51N5O4/c1-11-38(34-36-28-19-30(42-10)29(41-9)18-27(28)32(35)37-34)14-13-15-39(20-21(3)4)33(40)24-16-25(22(5)6)31(43-12-2)26(17-24)23(7)8/h16-19,21-23H,11-15,20H2,1-10H3,(H2,35,36,37). The highest BCUT2D eigenvalue weighted by Gasteiger charge is 2.24. The summed E-state index contributed by atoms with van der Waals surface area (Å²) in [5.74, 6) is 3.87. The highest BCUT2D eigenvalue weighted by molar-refractivity contribution is 5.95. The molecule has 2 N–H and O–H groups in total. The first-order chi connectivity index (χ1) is 20.4. The van der Waals surface area contributed by atoms with E-state index in [0.717, 1.165) is 28.9 Å². The van der Waals surface area contributed by atoms with E-state index in [1.54, 1.807) is 20.3 Å². The number of aromatic nitrogens is 2. The maximum Gasteiger partial charge on any atom is 0.253 e. The molecule has 0 fully saturated rings. The molecule has 0 unspecified atom stereocenters. The van der Waals surface area contributed by atoms with Crippen molar-refractivity contribution in [3.8, 4) is 17.2 Å². The van der Waals surface area contributed by atoms with Crippen LogP contribution in [0.1, 0.15) is 95.1 Å². The third kappa shape index (κ3) is 8.00. The Kier molecular flexibility index (Phi) is 11.9. The van der Waals surface area contributed by atoms with E-state index >= 15 is 0 Å². The normalized spacial score (nSPS) is 11.5. The minimum absolute atomic E-state index is 0.0517. The number of amides is 1. The van der Waals surface area contributed by atoms with Gasteiger partial charge in [-0.1, -0.05) is 41.5 Å². The fourth-order valence-electron chi connectivity index (χ4n) is 5.33. The third-order valence-corrected chi connectivity index (χ3v) is 7.54. The van der Waals surface area contributed by atoms with Gasteiger partial charge in [0.05, 0.1) is 26.3 Å². The van der Waals surface area contributed by atoms with Gasteiger partial charge < -0.3 is 29.7 Å². The third-order valence-electron chi connectivity index (χ3n) is 7.54. The van der Waals surface area contributed by atoms with Crippen LogP contribution in [0.2, 0.25) is 0 Å². The topological polar surface area (TPSA) is 103 Å². The van der Waals surface area contributed by atoms with Crippen LogP contribution in [0.15, 0.2) is 24.3 Å². The number of nitrogens with two attached hydrogens (primary N) is 1. The Hall–Kier alpha value is -3.75. The van der Waals surface area contributed by atoms with Gasteiger partial charge in [0, 0.05) is 43.2 Å². The first-order valence-electron chi connectivity index (χ1n) is 15.5. The van der Waals surface area contributed by atoms with E-state index < -0.39 is 0 Å². The van der Waals surface area contributed by atoms with E-state index in [9.17, 15) is 4.79 Å². The molecule has 0 aliphatic heterocycles. The second-order valence-corrected chi connectivity index (χ2v) is 11.9. The summed E-state index contributed by atoms with van der Waals surface area (Å²) in [5, 5.41) is 0.711. The molecule has 9 nitrogen and oxygen atoms in total. The van der Waals surface area contributed by atoms with Gasteiger partial charge in [-0.2, -0.15) is 4.98 Å². The van der Waals surface area contributed by atoms with Crippen molar-refractivity contribution in [1.29, 1.82) is 0 Å². The highest BCUT2D eigenvalue weighted by atomic mass is 16.5. The number of benzene rings is 2. The van der Waals surface area contributed by atoms with Gasteiger partial charge in [-0.25, -0.2) is 4.98 Å². The molecule has 3 aromatic rings. The largest absolute Gasteiger partial charge is 0.493 e. The van der Waals surface area contributed by atoms with Crippen molar-refractivity contribution >= 4 is 28.6 Å². The second-order valence-electron chi connectivity index (χ2n) is 11.9. The lowest BCUT2D eigenvalue weighted by atomic mass is 9.91. The SMILES string of the molecule is CCOc1c(C(C)C)cc(C(=O)N(CCCN(CC)c2nc(N)c3cc(OC)c(OC)cc3n2)CC(C)C)cc1C(C)C. The number of rotatable bonds is 15. The maximum absolute atomic E-state index is 14.0. The first kappa shape index (κ1) is 33.7. The van der Waals surface area contributed by atoms with Crippen LogP contribution >= 0.6 is 0 Å². The summed E-state index contributed by atoms with van der Waals surface area (Å²) < 4.78 is 17.0. The van der Waals surface area contributed by atoms with Crippen molar-refractivity contribution in [2.45, 2.75) is 73.6 Å². The van der Waals surface area contributed by atoms with Crippen molar-refractivity contribution in [2.75, 3.05) is 57.6 Å². The average Bonchev–Trinajstić information content (AvgIpc) is 2.97. The Labute approximate surface area is 257 Å². The number of methoxy groups -OCH3 is 2. The number of hydrogen-bond acceptors (Lipinski definition) is 8. The summed E-state index contributed by atoms with van der Waals surface area (Å²) in [6, 6.07) is 7.69. The quantitative estimate of drug-likeness (QED) is 0.203. The number of carbonyl (C=O) groups excluding carboxylic acids is 1. The van der Waals surface area contributed by atoms with Crippen LogP contribution in [0, 0.1) is 5.92 Å². The van der Waals surface area contributed by atoms with E-state index in [2.05, 4.69) is 58.4 Å². The molecule has 0 radical (unpaired) electrons. The van der Waals surface area contributed by atoms with E-state index in [1.807, 2.05) is 30.0 Å². The number of hydrogen-bond donors (Lipinski definition) is 1. The zero-order valence-corrected chi connectivity index (χ0v) is 27.8. The lowest BCUT2D eigenvalue weighted by molar-refractivity contribution is 0.0734. The smallest absolute Gasteiger partial charge is 0.253 e. The molecule has 0 spiro atoms. The summed E-state index contributed by atoms with van der Waals surface area (Å²) >= 11 is 0. The molecule has 0 aliphatic rings. The van der Waals surface area contributed by atoms with Crippen molar-refractivity contribution in [1.82, 2.24) is 14.9 Å². The molecule has 1 heterocycles. The van der Waals surface area contributed by atoms with Gasteiger partial charge in [0.15, 0.2) is 11.5 Å². The zero-order chi connectivity index (χ0) is 31.8. The van der Waals surface area contributed by atoms with Gasteiger partial charge in [-0.15, -0.1) is 0 Å². The summed E-state index contributed by atoms with van der Waals surface area (Å²) in [5.41, 5.74) is 9.93. The molecule has 236 valence electrons. The molecule has 2 aromatic carbocycles. The number of fused-ring (bicyclic) bond motifs is 1. The zero-order valence-electron chi connectivity index (χ0n) is 27.8. The van der Waals surface area contributed by atoms with E-state index in [-0.39, 0.29) is 17.7 Å². The monoisotopic (exact) mass is 593 g/mol. The Bertz CT molecular complexity index is 1360. The second kappa shape index (κ2) is 15.1. The van der Waals surface area contributed by atoms with Crippen LogP contribution in [-0.4, -0.2) is 67.8 Å². The molecule has 3 rings (SSSR count). The average molecular weight is 594 g/mol. The highest BCUT2D eigenvalue weighted by Crippen LogP contribution is 2.37. The Balaban J connectivity index is 1.86. The molecule has 1 amide bonds. The van der Waals surface area contributed by atoms with Crippen molar-refractivity contribution < 1.29 is 19.0 Å². The minimum atomic E-state index is 0.0517. The van der Waals surface area contributed by atoms with Crippen LogP contribution in [0.25, 0.3) is 10.9 Å². The predicted molar refractivity (Wildman–Crippen MR) is 176 cm³/mol. The summed E-state index contributed by atoms with van der Waals surface area (Å²) in [6.07, 6.45) is 0.755. The van der Waals surface area contributed by atoms with Gasteiger partial charge in [-0.3, -0.25) is 4.79 Å². The lowest BCUT2D eigenvalue weighted by Crippen LogP contribution is -2.37. The van der Waals surface area contributed by atoms with Crippen LogP contribution in [-0.2, 0) is 0 Å². The molecule has 43 heavy (non-hydrogen) atoms. The van der Waals surface area contributed by atoms with Crippen LogP contribution in [0.3, 0.4) is 0 Å². The summed E-state index contributed by atoms with van der Waals surface area (Å²) in [7, 11) is 3.18. The number of anilines is 2. The minimum Gasteiger partial charge on any atom is -0.493 e. The first-order valence-corrected chi connectivity index (χ1v) is 15.5. The van der Waals surface area contributed by atoms with Crippen molar-refractivity contribution in [2.24, 2.45) is 5.92 Å². The number of carbonyl (C=O) groups is 1. The van der Waals surface area contributed by atoms with Gasteiger partial charge >= 0.3 is 0 Å². The molecule has 0 saturated heterocycles. The van der Waals surface area contributed by atoms with Gasteiger partial charge in [0.2, 0.25) is 5.95 Å². The molecule has 0 atom stereocenters. The fraction of sp³-hybridized carbons (Fsp3) is 0.559. The van der Waals surface area contributed by atoms with Gasteiger partial charge in [0.1, 0.15) is 11.6 Å². The molecule has 9 heteroatoms. The number of ether oxygens (including phenoxy) is 3. The fourth-order valence-corrected chi connectivity index (χ4v) is 5.33. The molecule has 0 bridgehead atoms. The molecular formula is C34H51N5O4. The summed E-state index contributed by atoms with van der Waals surface area (Å²) in [6.45, 7) is 20.2. The predicted octanol–water partition coefficient (Wildman–Crippen LogP) is 6.89. The molecule has 1 aromatic heterocycles. The Morgan fingerprint density at radius 1 is 0.884 bits per heavy atom. The van der Waals surface area contributed by atoms with Crippen molar-refractivity contribution in [3.05, 3.63) is 41.0 Å². The van der Waals surface area contributed by atoms with Crippen LogP contribution < -0.4 is 24.8 Å². The van der Waals surface area contributed by atoms with E-state index in [4.69, 9.17) is 24.9 Å². The summed E-state index contributed by atoms with van der Waals surface area (Å²) in [4.78, 5) is 27.5. The van der Waals surface area contributed by atoms with E-state index in [1.165, 1.54) is 0 Å². The Morgan fingerprint density at radius 3 is 2.00 bits per heavy atom. The maximum atomic E-state index is 14.0. The molecule has 0 aliphatic carbocycles.